The molecule has 2 aromatic heterocycles. The van der Waals surface area contributed by atoms with E-state index < -0.39 is 12.0 Å². The fourth-order valence-electron chi connectivity index (χ4n) is 6.18. The predicted molar refractivity (Wildman–Crippen MR) is 136 cm³/mol. The van der Waals surface area contributed by atoms with Crippen molar-refractivity contribution in [3.63, 3.8) is 0 Å². The first-order valence-corrected chi connectivity index (χ1v) is 13.2. The molecule has 0 unspecified atom stereocenters. The summed E-state index contributed by atoms with van der Waals surface area (Å²) in [6, 6.07) is 4.41. The predicted octanol–water partition coefficient (Wildman–Crippen LogP) is 2.95. The van der Waals surface area contributed by atoms with Crippen molar-refractivity contribution < 1.29 is 14.4 Å². The quantitative estimate of drug-likeness (QED) is 0.567. The summed E-state index contributed by atoms with van der Waals surface area (Å²) < 4.78 is 1.62. The summed E-state index contributed by atoms with van der Waals surface area (Å²) in [6.45, 7) is 0. The molecular formula is C27H36N6O3. The van der Waals surface area contributed by atoms with Crippen LogP contribution in [-0.2, 0) is 27.9 Å². The fraction of sp³-hybridized carbons (Fsp3) is 0.593. The zero-order chi connectivity index (χ0) is 25.4. The number of imide groups is 1. The summed E-state index contributed by atoms with van der Waals surface area (Å²) in [5.41, 5.74) is 6.66. The second-order valence-electron chi connectivity index (χ2n) is 10.8. The van der Waals surface area contributed by atoms with Gasteiger partial charge in [-0.15, -0.1) is 0 Å². The van der Waals surface area contributed by atoms with E-state index in [4.69, 9.17) is 5.73 Å². The van der Waals surface area contributed by atoms with Crippen LogP contribution in [-0.4, -0.2) is 50.5 Å². The Labute approximate surface area is 212 Å². The van der Waals surface area contributed by atoms with Crippen LogP contribution in [0.1, 0.15) is 56.9 Å². The van der Waals surface area contributed by atoms with Crippen molar-refractivity contribution in [2.75, 3.05) is 17.7 Å². The lowest BCUT2D eigenvalue weighted by molar-refractivity contribution is -0.171. The van der Waals surface area contributed by atoms with Gasteiger partial charge in [0.2, 0.25) is 11.8 Å². The van der Waals surface area contributed by atoms with Gasteiger partial charge in [0.15, 0.2) is 5.82 Å². The molecule has 3 aliphatic rings. The molecule has 0 bridgehead atoms. The minimum atomic E-state index is -0.849. The third-order valence-electron chi connectivity index (χ3n) is 8.30. The molecule has 3 fully saturated rings. The number of β-lactam (4-membered cyclic amide) rings is 1. The average molecular weight is 493 g/mol. The largest absolute Gasteiger partial charge is 0.384 e. The monoisotopic (exact) mass is 492 g/mol. The molecule has 1 saturated heterocycles. The number of amides is 3. The van der Waals surface area contributed by atoms with E-state index in [2.05, 4.69) is 10.1 Å². The van der Waals surface area contributed by atoms with Gasteiger partial charge >= 0.3 is 0 Å². The minimum absolute atomic E-state index is 0.208. The molecule has 3 heterocycles. The van der Waals surface area contributed by atoms with Crippen LogP contribution in [0.15, 0.2) is 30.6 Å². The third-order valence-corrected chi connectivity index (χ3v) is 8.30. The molecule has 3 atom stereocenters. The number of likely N-dealkylation sites (tertiary alicyclic amines) is 1. The van der Waals surface area contributed by atoms with Crippen LogP contribution >= 0.6 is 0 Å². The van der Waals surface area contributed by atoms with Gasteiger partial charge in [0.1, 0.15) is 11.9 Å². The molecular weight excluding hydrogens is 456 g/mol. The van der Waals surface area contributed by atoms with Gasteiger partial charge in [-0.3, -0.25) is 28.9 Å². The number of anilines is 2. The molecule has 0 radical (unpaired) electrons. The summed E-state index contributed by atoms with van der Waals surface area (Å²) in [5.74, 6) is 0.885. The standard InChI is InChI=1S/C27H36N6O3/c1-31-13-11-23(30-31)32(2)27(36)25-21(14-17-10-12-29-22(28)15-17)26(35)33(25)24(34)16-20(19-8-9-19)18-6-4-3-5-7-18/h10-13,15,18-21,25H,3-9,14,16H2,1-2H3,(H2,28,29)/t20-,21+,25-/m0/s1. The molecule has 2 aromatic rings. The lowest BCUT2D eigenvalue weighted by Gasteiger charge is -2.46. The molecule has 36 heavy (non-hydrogen) atoms. The molecule has 5 rings (SSSR count). The Kier molecular flexibility index (Phi) is 6.81. The molecule has 2 saturated carbocycles. The highest BCUT2D eigenvalue weighted by molar-refractivity contribution is 6.12. The number of hydrogen-bond acceptors (Lipinski definition) is 6. The lowest BCUT2D eigenvalue weighted by atomic mass is 9.75. The maximum absolute atomic E-state index is 13.7. The zero-order valence-electron chi connectivity index (χ0n) is 21.2. The summed E-state index contributed by atoms with van der Waals surface area (Å²) in [7, 11) is 3.43. The molecule has 0 aromatic carbocycles. The van der Waals surface area contributed by atoms with Gasteiger partial charge in [0.25, 0.3) is 5.91 Å². The van der Waals surface area contributed by atoms with Crippen LogP contribution in [0.5, 0.6) is 0 Å². The van der Waals surface area contributed by atoms with Crippen LogP contribution in [0.2, 0.25) is 0 Å². The van der Waals surface area contributed by atoms with Crippen LogP contribution in [0.3, 0.4) is 0 Å². The van der Waals surface area contributed by atoms with Gasteiger partial charge < -0.3 is 5.73 Å². The number of likely N-dealkylation sites (N-methyl/N-ethyl adjacent to an activating group) is 1. The van der Waals surface area contributed by atoms with E-state index in [-0.39, 0.29) is 17.7 Å². The molecule has 3 amide bonds. The molecule has 192 valence electrons. The van der Waals surface area contributed by atoms with E-state index in [0.29, 0.717) is 42.2 Å². The van der Waals surface area contributed by atoms with Crippen molar-refractivity contribution in [3.8, 4) is 0 Å². The second kappa shape index (κ2) is 10.0. The maximum atomic E-state index is 13.7. The molecule has 9 nitrogen and oxygen atoms in total. The van der Waals surface area contributed by atoms with Crippen molar-refractivity contribution in [2.45, 2.75) is 63.8 Å². The van der Waals surface area contributed by atoms with E-state index in [9.17, 15) is 14.4 Å². The smallest absolute Gasteiger partial charge is 0.252 e. The van der Waals surface area contributed by atoms with E-state index in [1.807, 2.05) is 0 Å². The van der Waals surface area contributed by atoms with Crippen molar-refractivity contribution in [2.24, 2.45) is 30.7 Å². The first-order chi connectivity index (χ1) is 17.3. The first-order valence-electron chi connectivity index (χ1n) is 13.2. The Balaban J connectivity index is 1.37. The number of hydrogen-bond donors (Lipinski definition) is 1. The number of pyridine rings is 1. The van der Waals surface area contributed by atoms with E-state index >= 15 is 0 Å². The molecule has 0 spiro atoms. The first kappa shape index (κ1) is 24.5. The number of nitrogens with zero attached hydrogens (tertiary/aromatic N) is 5. The Hall–Kier alpha value is -3.23. The fourth-order valence-corrected chi connectivity index (χ4v) is 6.18. The second-order valence-corrected chi connectivity index (χ2v) is 10.8. The molecule has 2 N–H and O–H groups in total. The number of nitrogen functional groups attached to an aromatic ring is 1. The van der Waals surface area contributed by atoms with Crippen molar-refractivity contribution >= 4 is 29.4 Å². The van der Waals surface area contributed by atoms with E-state index in [0.717, 1.165) is 5.56 Å². The van der Waals surface area contributed by atoms with Gasteiger partial charge in [0.05, 0.1) is 5.92 Å². The Morgan fingerprint density at radius 1 is 1.14 bits per heavy atom. The highest BCUT2D eigenvalue weighted by atomic mass is 16.2. The summed E-state index contributed by atoms with van der Waals surface area (Å²) >= 11 is 0. The van der Waals surface area contributed by atoms with E-state index in [1.54, 1.807) is 49.4 Å². The summed E-state index contributed by atoms with van der Waals surface area (Å²) in [5, 5.41) is 4.33. The van der Waals surface area contributed by atoms with Crippen molar-refractivity contribution in [1.82, 2.24) is 19.7 Å². The van der Waals surface area contributed by atoms with Crippen LogP contribution in [0.25, 0.3) is 0 Å². The van der Waals surface area contributed by atoms with Crippen molar-refractivity contribution in [3.05, 3.63) is 36.2 Å². The van der Waals surface area contributed by atoms with Gasteiger partial charge in [-0.2, -0.15) is 5.10 Å². The lowest BCUT2D eigenvalue weighted by Crippen LogP contribution is -2.69. The number of rotatable bonds is 8. The number of carbonyl (C=O) groups excluding carboxylic acids is 3. The SMILES string of the molecule is CN(C(=O)[C@@H]1[C@@H](Cc2ccnc(N)c2)C(=O)N1C(=O)C[C@@H](C1CCCCC1)C1CC1)c1ccn(C)n1. The normalized spacial score (nSPS) is 23.3. The Morgan fingerprint density at radius 3 is 2.50 bits per heavy atom. The Bertz CT molecular complexity index is 1140. The number of aryl methyl sites for hydroxylation is 1. The van der Waals surface area contributed by atoms with Crippen molar-refractivity contribution in [1.29, 1.82) is 0 Å². The van der Waals surface area contributed by atoms with Crippen LogP contribution < -0.4 is 10.6 Å². The maximum Gasteiger partial charge on any atom is 0.252 e. The number of aromatic nitrogens is 3. The van der Waals surface area contributed by atoms with Gasteiger partial charge in [0, 0.05) is 39.0 Å². The minimum Gasteiger partial charge on any atom is -0.384 e. The summed E-state index contributed by atoms with van der Waals surface area (Å²) in [6.07, 6.45) is 12.4. The van der Waals surface area contributed by atoms with Gasteiger partial charge in [-0.05, 0) is 54.7 Å². The van der Waals surface area contributed by atoms with Gasteiger partial charge in [-0.1, -0.05) is 32.1 Å². The molecule has 9 heteroatoms. The zero-order valence-corrected chi connectivity index (χ0v) is 21.2. The van der Waals surface area contributed by atoms with Crippen LogP contribution in [0, 0.1) is 23.7 Å². The summed E-state index contributed by atoms with van der Waals surface area (Å²) in [4.78, 5) is 47.4. The Morgan fingerprint density at radius 2 is 1.86 bits per heavy atom. The van der Waals surface area contributed by atoms with Gasteiger partial charge in [-0.25, -0.2) is 4.98 Å². The average Bonchev–Trinajstić information content (AvgIpc) is 3.63. The third kappa shape index (κ3) is 4.88. The van der Waals surface area contributed by atoms with Crippen LogP contribution in [0.4, 0.5) is 11.6 Å². The number of carbonyl (C=O) groups is 3. The molecule has 2 aliphatic carbocycles. The molecule has 1 aliphatic heterocycles. The highest BCUT2D eigenvalue weighted by Gasteiger charge is 2.55. The highest BCUT2D eigenvalue weighted by Crippen LogP contribution is 2.47. The topological polar surface area (TPSA) is 114 Å². The number of nitrogens with two attached hydrogens (primary N) is 1. The van der Waals surface area contributed by atoms with E-state index in [1.165, 1.54) is 54.7 Å².